The molecule has 0 atom stereocenters. The Balaban J connectivity index is 1.45. The third kappa shape index (κ3) is 4.54. The number of ether oxygens (including phenoxy) is 2. The molecule has 0 saturated heterocycles. The quantitative estimate of drug-likeness (QED) is 0.346. The first-order chi connectivity index (χ1) is 14.6. The van der Waals surface area contributed by atoms with Crippen LogP contribution < -0.4 is 14.9 Å². The van der Waals surface area contributed by atoms with Gasteiger partial charge in [-0.05, 0) is 61.6 Å². The number of benzene rings is 3. The molecule has 0 spiro atoms. The second-order valence-electron chi connectivity index (χ2n) is 7.40. The molecule has 0 bridgehead atoms. The monoisotopic (exact) mass is 400 g/mol. The minimum absolute atomic E-state index is 0.174. The van der Waals surface area contributed by atoms with E-state index in [1.807, 2.05) is 50.2 Å². The van der Waals surface area contributed by atoms with Gasteiger partial charge in [0.25, 0.3) is 0 Å². The van der Waals surface area contributed by atoms with Gasteiger partial charge in [-0.2, -0.15) is 0 Å². The van der Waals surface area contributed by atoms with Gasteiger partial charge in [-0.25, -0.2) is 0 Å². The van der Waals surface area contributed by atoms with Crippen molar-refractivity contribution >= 4 is 11.0 Å². The van der Waals surface area contributed by atoms with Crippen molar-refractivity contribution in [3.8, 4) is 17.2 Å². The molecular formula is C26H24O4. The van der Waals surface area contributed by atoms with E-state index >= 15 is 0 Å². The van der Waals surface area contributed by atoms with Crippen LogP contribution in [0.15, 0.2) is 82.2 Å². The Morgan fingerprint density at radius 3 is 2.57 bits per heavy atom. The molecule has 0 fully saturated rings. The van der Waals surface area contributed by atoms with Crippen LogP contribution in [0.3, 0.4) is 0 Å². The average molecular weight is 400 g/mol. The highest BCUT2D eigenvalue weighted by Crippen LogP contribution is 2.27. The highest BCUT2D eigenvalue weighted by molar-refractivity contribution is 5.79. The molecule has 4 aromatic rings. The number of rotatable bonds is 7. The van der Waals surface area contributed by atoms with E-state index in [0.29, 0.717) is 29.1 Å². The lowest BCUT2D eigenvalue weighted by Gasteiger charge is -2.10. The average Bonchev–Trinajstić information content (AvgIpc) is 2.76. The Labute approximate surface area is 175 Å². The van der Waals surface area contributed by atoms with Gasteiger partial charge < -0.3 is 13.9 Å². The van der Waals surface area contributed by atoms with Gasteiger partial charge in [0.2, 0.25) is 11.2 Å². The molecule has 0 N–H and O–H groups in total. The highest BCUT2D eigenvalue weighted by Gasteiger charge is 2.11. The van der Waals surface area contributed by atoms with Crippen molar-refractivity contribution in [2.45, 2.75) is 26.7 Å². The summed E-state index contributed by atoms with van der Waals surface area (Å²) in [5.74, 6) is 1.51. The summed E-state index contributed by atoms with van der Waals surface area (Å²) in [6.45, 7) is 4.52. The first-order valence-corrected chi connectivity index (χ1v) is 10.1. The summed E-state index contributed by atoms with van der Waals surface area (Å²) in [4.78, 5) is 12.8. The summed E-state index contributed by atoms with van der Waals surface area (Å²) < 4.78 is 17.4. The second kappa shape index (κ2) is 8.87. The highest BCUT2D eigenvalue weighted by atomic mass is 16.5. The van der Waals surface area contributed by atoms with Gasteiger partial charge in [-0.3, -0.25) is 4.79 Å². The molecule has 0 aliphatic carbocycles. The van der Waals surface area contributed by atoms with E-state index in [1.165, 1.54) is 11.8 Å². The lowest BCUT2D eigenvalue weighted by Crippen LogP contribution is -2.06. The molecule has 0 radical (unpaired) electrons. The third-order valence-electron chi connectivity index (χ3n) is 5.00. The minimum Gasteiger partial charge on any atom is -0.493 e. The smallest absolute Gasteiger partial charge is 0.235 e. The van der Waals surface area contributed by atoms with Gasteiger partial charge in [0.1, 0.15) is 23.3 Å². The standard InChI is InChI=1S/C26H24O4/c1-18-10-11-19(2)23(15-18)30-25-17-29-24-16-21(12-13-22(24)26(25)27)28-14-6-9-20-7-4-3-5-8-20/h3-5,7-8,10-13,15-17H,6,9,14H2,1-2H3. The van der Waals surface area contributed by atoms with Gasteiger partial charge in [-0.1, -0.05) is 42.5 Å². The molecule has 0 aliphatic heterocycles. The summed E-state index contributed by atoms with van der Waals surface area (Å²) in [6, 6.07) is 21.5. The van der Waals surface area contributed by atoms with E-state index in [2.05, 4.69) is 12.1 Å². The molecule has 1 aromatic heterocycles. The van der Waals surface area contributed by atoms with Crippen molar-refractivity contribution < 1.29 is 13.9 Å². The fraction of sp³-hybridized carbons (Fsp3) is 0.192. The van der Waals surface area contributed by atoms with Crippen LogP contribution in [0.1, 0.15) is 23.1 Å². The van der Waals surface area contributed by atoms with Crippen LogP contribution in [0.5, 0.6) is 17.2 Å². The summed E-state index contributed by atoms with van der Waals surface area (Å²) >= 11 is 0. The van der Waals surface area contributed by atoms with Gasteiger partial charge >= 0.3 is 0 Å². The van der Waals surface area contributed by atoms with Crippen LogP contribution in [-0.2, 0) is 6.42 Å². The second-order valence-corrected chi connectivity index (χ2v) is 7.40. The Morgan fingerprint density at radius 2 is 1.73 bits per heavy atom. The molecule has 0 aliphatic rings. The van der Waals surface area contributed by atoms with E-state index < -0.39 is 0 Å². The largest absolute Gasteiger partial charge is 0.493 e. The fourth-order valence-electron chi connectivity index (χ4n) is 3.30. The van der Waals surface area contributed by atoms with E-state index in [0.717, 1.165) is 24.0 Å². The van der Waals surface area contributed by atoms with E-state index in [-0.39, 0.29) is 11.2 Å². The Bertz CT molecular complexity index is 1210. The maximum absolute atomic E-state index is 12.8. The van der Waals surface area contributed by atoms with Crippen LogP contribution in [0.4, 0.5) is 0 Å². The molecule has 0 saturated carbocycles. The minimum atomic E-state index is -0.201. The first kappa shape index (κ1) is 19.8. The lowest BCUT2D eigenvalue weighted by molar-refractivity contribution is 0.311. The Hall–Kier alpha value is -3.53. The molecular weight excluding hydrogens is 376 g/mol. The van der Waals surface area contributed by atoms with Gasteiger partial charge in [0, 0.05) is 6.07 Å². The van der Waals surface area contributed by atoms with E-state index in [4.69, 9.17) is 13.9 Å². The van der Waals surface area contributed by atoms with Crippen molar-refractivity contribution in [1.29, 1.82) is 0 Å². The number of hydrogen-bond donors (Lipinski definition) is 0. The zero-order valence-electron chi connectivity index (χ0n) is 17.2. The predicted molar refractivity (Wildman–Crippen MR) is 119 cm³/mol. The van der Waals surface area contributed by atoms with Crippen molar-refractivity contribution in [2.24, 2.45) is 0 Å². The number of hydrogen-bond acceptors (Lipinski definition) is 4. The maximum atomic E-state index is 12.8. The molecule has 1 heterocycles. The topological polar surface area (TPSA) is 48.7 Å². The molecule has 4 heteroatoms. The summed E-state index contributed by atoms with van der Waals surface area (Å²) in [5.41, 5.74) is 3.60. The number of aryl methyl sites for hydroxylation is 3. The van der Waals surface area contributed by atoms with Crippen LogP contribution in [-0.4, -0.2) is 6.61 Å². The first-order valence-electron chi connectivity index (χ1n) is 10.1. The van der Waals surface area contributed by atoms with Crippen molar-refractivity contribution in [2.75, 3.05) is 6.61 Å². The zero-order chi connectivity index (χ0) is 20.9. The van der Waals surface area contributed by atoms with Gasteiger partial charge in [-0.15, -0.1) is 0 Å². The van der Waals surface area contributed by atoms with Crippen LogP contribution in [0.2, 0.25) is 0 Å². The summed E-state index contributed by atoms with van der Waals surface area (Å²) in [5, 5.41) is 0.467. The molecule has 0 amide bonds. The van der Waals surface area contributed by atoms with Crippen molar-refractivity contribution in [1.82, 2.24) is 0 Å². The number of fused-ring (bicyclic) bond motifs is 1. The van der Waals surface area contributed by atoms with Crippen molar-refractivity contribution in [3.05, 3.63) is 99.9 Å². The van der Waals surface area contributed by atoms with Gasteiger partial charge in [0.05, 0.1) is 12.0 Å². The molecule has 4 nitrogen and oxygen atoms in total. The third-order valence-corrected chi connectivity index (χ3v) is 5.00. The van der Waals surface area contributed by atoms with Gasteiger partial charge in [0.15, 0.2) is 0 Å². The summed E-state index contributed by atoms with van der Waals surface area (Å²) in [6.07, 6.45) is 3.24. The fourth-order valence-corrected chi connectivity index (χ4v) is 3.30. The lowest BCUT2D eigenvalue weighted by atomic mass is 10.1. The summed E-state index contributed by atoms with van der Waals surface area (Å²) in [7, 11) is 0. The molecule has 3 aromatic carbocycles. The van der Waals surface area contributed by atoms with E-state index in [9.17, 15) is 4.79 Å². The predicted octanol–water partition coefficient (Wildman–Crippen LogP) is 6.21. The van der Waals surface area contributed by atoms with Crippen molar-refractivity contribution in [3.63, 3.8) is 0 Å². The molecule has 152 valence electrons. The van der Waals surface area contributed by atoms with Crippen LogP contribution in [0, 0.1) is 13.8 Å². The zero-order valence-corrected chi connectivity index (χ0v) is 17.2. The SMILES string of the molecule is Cc1ccc(C)c(Oc2coc3cc(OCCCc4ccccc4)ccc3c2=O)c1. The molecule has 30 heavy (non-hydrogen) atoms. The maximum Gasteiger partial charge on any atom is 0.235 e. The van der Waals surface area contributed by atoms with Crippen LogP contribution in [0.25, 0.3) is 11.0 Å². The normalized spacial score (nSPS) is 10.9. The van der Waals surface area contributed by atoms with E-state index in [1.54, 1.807) is 18.2 Å². The van der Waals surface area contributed by atoms with Crippen LogP contribution >= 0.6 is 0 Å². The molecule has 0 unspecified atom stereocenters. The Kier molecular flexibility index (Phi) is 5.84. The Morgan fingerprint density at radius 1 is 0.900 bits per heavy atom. The molecule has 4 rings (SSSR count).